The molecule has 3 rings (SSSR count). The zero-order chi connectivity index (χ0) is 19.4. The fraction of sp³-hybridized carbons (Fsp3) is 0.429. The number of methoxy groups -OCH3 is 2. The molecule has 2 amide bonds. The van der Waals surface area contributed by atoms with Crippen molar-refractivity contribution in [2.75, 3.05) is 20.8 Å². The number of unbranched alkanes of at least 4 members (excludes halogenated alkanes) is 4. The fourth-order valence-corrected chi connectivity index (χ4v) is 3.42. The Morgan fingerprint density at radius 2 is 1.33 bits per heavy atom. The van der Waals surface area contributed by atoms with Gasteiger partial charge in [-0.2, -0.15) is 0 Å². The second-order valence-corrected chi connectivity index (χ2v) is 6.53. The van der Waals surface area contributed by atoms with Crippen LogP contribution in [0.25, 0.3) is 10.8 Å². The molecule has 0 saturated carbocycles. The number of hydrogen-bond donors (Lipinski definition) is 0. The molecule has 0 atom stereocenters. The monoisotopic (exact) mass is 371 g/mol. The summed E-state index contributed by atoms with van der Waals surface area (Å²) in [5, 5.41) is 2.05. The molecule has 6 nitrogen and oxygen atoms in total. The van der Waals surface area contributed by atoms with E-state index in [0.717, 1.165) is 30.7 Å². The first-order valence-corrected chi connectivity index (χ1v) is 9.33. The van der Waals surface area contributed by atoms with E-state index in [1.807, 2.05) is 0 Å². The summed E-state index contributed by atoms with van der Waals surface area (Å²) in [4.78, 5) is 31.3. The van der Waals surface area contributed by atoms with Gasteiger partial charge >= 0.3 is 0 Å². The molecule has 1 aliphatic heterocycles. The molecule has 0 saturated heterocycles. The van der Waals surface area contributed by atoms with Gasteiger partial charge in [0.05, 0.1) is 37.3 Å². The minimum Gasteiger partial charge on any atom is -0.496 e. The van der Waals surface area contributed by atoms with Crippen LogP contribution >= 0.6 is 0 Å². The van der Waals surface area contributed by atoms with Crippen LogP contribution in [0, 0.1) is 0 Å². The average molecular weight is 371 g/mol. The topological polar surface area (TPSA) is 65.1 Å². The van der Waals surface area contributed by atoms with Crippen molar-refractivity contribution in [1.82, 2.24) is 5.06 Å². The van der Waals surface area contributed by atoms with Crippen LogP contribution in [0.4, 0.5) is 0 Å². The van der Waals surface area contributed by atoms with E-state index in [1.54, 1.807) is 38.5 Å². The molecule has 0 aromatic heterocycles. The maximum atomic E-state index is 12.9. The summed E-state index contributed by atoms with van der Waals surface area (Å²) >= 11 is 0. The Kier molecular flexibility index (Phi) is 5.96. The number of imide groups is 1. The Bertz CT molecular complexity index is 803. The first-order valence-electron chi connectivity index (χ1n) is 9.33. The van der Waals surface area contributed by atoms with Crippen molar-refractivity contribution >= 4 is 22.6 Å². The van der Waals surface area contributed by atoms with Gasteiger partial charge < -0.3 is 9.47 Å². The van der Waals surface area contributed by atoms with Gasteiger partial charge in [0, 0.05) is 5.39 Å². The third-order valence-corrected chi connectivity index (χ3v) is 4.82. The SMILES string of the molecule is CCCCCCCON1C(=O)c2ccc(OC)c3c(OC)ccc(c23)C1=O. The molecular weight excluding hydrogens is 346 g/mol. The molecule has 0 unspecified atom stereocenters. The molecule has 0 bridgehead atoms. The van der Waals surface area contributed by atoms with Crippen molar-refractivity contribution < 1.29 is 23.9 Å². The number of carbonyl (C=O) groups excluding carboxylic acids is 2. The summed E-state index contributed by atoms with van der Waals surface area (Å²) < 4.78 is 10.8. The highest BCUT2D eigenvalue weighted by atomic mass is 16.7. The van der Waals surface area contributed by atoms with Crippen molar-refractivity contribution in [3.63, 3.8) is 0 Å². The van der Waals surface area contributed by atoms with Crippen molar-refractivity contribution in [3.8, 4) is 11.5 Å². The molecule has 0 spiro atoms. The second-order valence-electron chi connectivity index (χ2n) is 6.53. The lowest BCUT2D eigenvalue weighted by Crippen LogP contribution is -2.40. The van der Waals surface area contributed by atoms with Gasteiger partial charge in [-0.3, -0.25) is 14.4 Å². The minimum absolute atomic E-state index is 0.339. The number of benzene rings is 2. The molecule has 1 aliphatic rings. The highest BCUT2D eigenvalue weighted by molar-refractivity contribution is 6.26. The third kappa shape index (κ3) is 3.49. The van der Waals surface area contributed by atoms with Crippen LogP contribution in [0.3, 0.4) is 0 Å². The number of carbonyl (C=O) groups is 2. The molecule has 0 radical (unpaired) electrons. The van der Waals surface area contributed by atoms with Gasteiger partial charge in [0.15, 0.2) is 0 Å². The summed E-state index contributed by atoms with van der Waals surface area (Å²) in [6, 6.07) is 6.74. The Balaban J connectivity index is 1.90. The summed E-state index contributed by atoms with van der Waals surface area (Å²) in [6.07, 6.45) is 5.30. The van der Waals surface area contributed by atoms with Crippen LogP contribution in [0.5, 0.6) is 11.5 Å². The minimum atomic E-state index is -0.457. The smallest absolute Gasteiger partial charge is 0.285 e. The first kappa shape index (κ1) is 19.2. The quantitative estimate of drug-likeness (QED) is 0.484. The lowest BCUT2D eigenvalue weighted by atomic mass is 9.93. The largest absolute Gasteiger partial charge is 0.496 e. The Morgan fingerprint density at radius 1 is 0.778 bits per heavy atom. The number of amides is 2. The number of ether oxygens (including phenoxy) is 2. The number of nitrogens with zero attached hydrogens (tertiary/aromatic N) is 1. The first-order chi connectivity index (χ1) is 13.1. The Hall–Kier alpha value is -2.60. The fourth-order valence-electron chi connectivity index (χ4n) is 3.42. The predicted molar refractivity (Wildman–Crippen MR) is 102 cm³/mol. The van der Waals surface area contributed by atoms with Crippen molar-refractivity contribution in [1.29, 1.82) is 0 Å². The summed E-state index contributed by atoms with van der Waals surface area (Å²) in [7, 11) is 3.09. The van der Waals surface area contributed by atoms with E-state index < -0.39 is 11.8 Å². The third-order valence-electron chi connectivity index (χ3n) is 4.82. The van der Waals surface area contributed by atoms with E-state index in [-0.39, 0.29) is 0 Å². The maximum absolute atomic E-state index is 12.9. The van der Waals surface area contributed by atoms with E-state index in [9.17, 15) is 9.59 Å². The van der Waals surface area contributed by atoms with Gasteiger partial charge in [-0.25, -0.2) is 0 Å². The van der Waals surface area contributed by atoms with E-state index in [0.29, 0.717) is 40.0 Å². The van der Waals surface area contributed by atoms with Crippen LogP contribution < -0.4 is 9.47 Å². The zero-order valence-corrected chi connectivity index (χ0v) is 16.0. The normalized spacial score (nSPS) is 13.4. The van der Waals surface area contributed by atoms with Crippen molar-refractivity contribution in [2.45, 2.75) is 39.0 Å². The van der Waals surface area contributed by atoms with Crippen molar-refractivity contribution in [3.05, 3.63) is 35.4 Å². The molecule has 0 fully saturated rings. The zero-order valence-electron chi connectivity index (χ0n) is 16.0. The van der Waals surface area contributed by atoms with Crippen LogP contribution in [-0.4, -0.2) is 37.7 Å². The molecule has 2 aromatic carbocycles. The molecule has 144 valence electrons. The lowest BCUT2D eigenvalue weighted by Gasteiger charge is -2.27. The summed E-state index contributed by atoms with van der Waals surface area (Å²) in [5.41, 5.74) is 0.815. The second kappa shape index (κ2) is 8.39. The summed E-state index contributed by atoms with van der Waals surface area (Å²) in [6.45, 7) is 2.50. The number of hydrogen-bond acceptors (Lipinski definition) is 5. The van der Waals surface area contributed by atoms with Crippen molar-refractivity contribution in [2.24, 2.45) is 0 Å². The lowest BCUT2D eigenvalue weighted by molar-refractivity contribution is -0.0961. The van der Waals surface area contributed by atoms with Crippen LogP contribution in [0.1, 0.15) is 59.7 Å². The van der Waals surface area contributed by atoms with Gasteiger partial charge in [0.2, 0.25) is 0 Å². The number of rotatable bonds is 9. The standard InChI is InChI=1S/C21H25NO5/c1-4-5-6-7-8-13-27-22-20(23)14-9-11-16(25-2)19-17(26-3)12-10-15(18(14)19)21(22)24/h9-12H,4-8,13H2,1-3H3. The maximum Gasteiger partial charge on any atom is 0.285 e. The molecule has 2 aromatic rings. The van der Waals surface area contributed by atoms with Crippen LogP contribution in [-0.2, 0) is 4.84 Å². The molecule has 0 aliphatic carbocycles. The number of hydroxylamine groups is 2. The van der Waals surface area contributed by atoms with Crippen LogP contribution in [0.15, 0.2) is 24.3 Å². The molecule has 6 heteroatoms. The molecule has 27 heavy (non-hydrogen) atoms. The molecule has 1 heterocycles. The van der Waals surface area contributed by atoms with Gasteiger partial charge in [-0.05, 0) is 30.7 Å². The highest BCUT2D eigenvalue weighted by Crippen LogP contribution is 2.40. The van der Waals surface area contributed by atoms with Crippen LogP contribution in [0.2, 0.25) is 0 Å². The van der Waals surface area contributed by atoms with Gasteiger partial charge in [-0.1, -0.05) is 32.6 Å². The van der Waals surface area contributed by atoms with Gasteiger partial charge in [0.25, 0.3) is 11.8 Å². The highest BCUT2D eigenvalue weighted by Gasteiger charge is 2.35. The van der Waals surface area contributed by atoms with E-state index in [1.165, 1.54) is 6.42 Å². The van der Waals surface area contributed by atoms with Gasteiger partial charge in [-0.15, -0.1) is 5.06 Å². The molecular formula is C21H25NO5. The Morgan fingerprint density at radius 3 is 1.85 bits per heavy atom. The van der Waals surface area contributed by atoms with E-state index in [4.69, 9.17) is 14.3 Å². The Labute approximate surface area is 158 Å². The van der Waals surface area contributed by atoms with E-state index >= 15 is 0 Å². The van der Waals surface area contributed by atoms with Gasteiger partial charge in [0.1, 0.15) is 11.5 Å². The molecule has 0 N–H and O–H groups in total. The summed E-state index contributed by atoms with van der Waals surface area (Å²) in [5.74, 6) is 0.195. The average Bonchev–Trinajstić information content (AvgIpc) is 2.70. The predicted octanol–water partition coefficient (Wildman–Crippen LogP) is 4.36. The van der Waals surface area contributed by atoms with E-state index in [2.05, 4.69) is 6.92 Å².